The molecule has 0 saturated carbocycles. The van der Waals surface area contributed by atoms with Crippen molar-refractivity contribution in [2.75, 3.05) is 0 Å². The number of hydrogen-bond donors (Lipinski definition) is 1. The molecule has 0 bridgehead atoms. The Morgan fingerprint density at radius 1 is 1.06 bits per heavy atom. The molecule has 1 aromatic heterocycles. The average Bonchev–Trinajstić information content (AvgIpc) is 2.14. The van der Waals surface area contributed by atoms with Crippen LogP contribution in [0.1, 0.15) is 17.4 Å². The lowest BCUT2D eigenvalue weighted by Gasteiger charge is -2.14. The van der Waals surface area contributed by atoms with E-state index in [1.165, 1.54) is 0 Å². The van der Waals surface area contributed by atoms with Crippen molar-refractivity contribution in [1.29, 1.82) is 0 Å². The maximum atomic E-state index is 12.0. The third kappa shape index (κ3) is 2.84. The minimum Gasteiger partial charge on any atom is -0.379 e. The molecule has 0 aromatic carbocycles. The van der Waals surface area contributed by atoms with Crippen LogP contribution in [0.25, 0.3) is 0 Å². The third-order valence-electron chi connectivity index (χ3n) is 1.70. The Balaban J connectivity index is 2.96. The normalized spacial score (nSPS) is 14.9. The van der Waals surface area contributed by atoms with Gasteiger partial charge in [-0.15, -0.1) is 0 Å². The monoisotopic (exact) mass is 245 g/mol. The predicted molar refractivity (Wildman–Crippen MR) is 40.3 cm³/mol. The molecule has 8 heteroatoms. The maximum Gasteiger partial charge on any atom is 0.433 e. The van der Waals surface area contributed by atoms with Crippen LogP contribution in [-0.4, -0.2) is 16.3 Å². The molecule has 0 aliphatic rings. The number of aliphatic hydroxyl groups is 1. The molecule has 1 atom stereocenters. The van der Waals surface area contributed by atoms with E-state index in [9.17, 15) is 26.3 Å². The number of aromatic nitrogens is 1. The second kappa shape index (κ2) is 3.93. The van der Waals surface area contributed by atoms with Gasteiger partial charge in [-0.05, 0) is 6.07 Å². The first-order valence-corrected chi connectivity index (χ1v) is 3.90. The van der Waals surface area contributed by atoms with Gasteiger partial charge in [0.05, 0.1) is 0 Å². The van der Waals surface area contributed by atoms with E-state index in [-0.39, 0.29) is 0 Å². The van der Waals surface area contributed by atoms with Crippen molar-refractivity contribution < 1.29 is 31.4 Å². The van der Waals surface area contributed by atoms with E-state index in [0.29, 0.717) is 18.3 Å². The first-order chi connectivity index (χ1) is 7.12. The van der Waals surface area contributed by atoms with E-state index >= 15 is 0 Å². The summed E-state index contributed by atoms with van der Waals surface area (Å²) in [5, 5.41) is 8.70. The Bertz CT molecular complexity index is 354. The lowest BCUT2D eigenvalue weighted by molar-refractivity contribution is -0.206. The van der Waals surface area contributed by atoms with Crippen molar-refractivity contribution in [2.24, 2.45) is 0 Å². The van der Waals surface area contributed by atoms with Crippen LogP contribution in [0.3, 0.4) is 0 Å². The van der Waals surface area contributed by atoms with Crippen molar-refractivity contribution in [3.05, 3.63) is 29.6 Å². The molecule has 0 aliphatic carbocycles. The third-order valence-corrected chi connectivity index (χ3v) is 1.70. The summed E-state index contributed by atoms with van der Waals surface area (Å²) in [6, 6.07) is 0.915. The molecule has 0 saturated heterocycles. The summed E-state index contributed by atoms with van der Waals surface area (Å²) < 4.78 is 71.9. The molecule has 0 radical (unpaired) electrons. The summed E-state index contributed by atoms with van der Waals surface area (Å²) >= 11 is 0. The number of nitrogens with zero attached hydrogens (tertiary/aromatic N) is 1. The van der Waals surface area contributed by atoms with Gasteiger partial charge in [-0.1, -0.05) is 6.07 Å². The molecule has 90 valence electrons. The van der Waals surface area contributed by atoms with Crippen LogP contribution in [-0.2, 0) is 6.18 Å². The van der Waals surface area contributed by atoms with E-state index in [0.717, 1.165) is 0 Å². The minimum atomic E-state index is -4.93. The van der Waals surface area contributed by atoms with Gasteiger partial charge in [0.2, 0.25) is 0 Å². The van der Waals surface area contributed by atoms with Crippen LogP contribution in [0.5, 0.6) is 0 Å². The second-order valence-corrected chi connectivity index (χ2v) is 2.92. The number of pyridine rings is 1. The molecule has 1 rings (SSSR count). The van der Waals surface area contributed by atoms with Gasteiger partial charge in [0, 0.05) is 11.8 Å². The number of halogens is 6. The smallest absolute Gasteiger partial charge is 0.379 e. The quantitative estimate of drug-likeness (QED) is 0.771. The van der Waals surface area contributed by atoms with E-state index in [1.54, 1.807) is 0 Å². The highest BCUT2D eigenvalue weighted by Gasteiger charge is 2.40. The summed E-state index contributed by atoms with van der Waals surface area (Å²) in [4.78, 5) is 2.80. The molecule has 16 heavy (non-hydrogen) atoms. The van der Waals surface area contributed by atoms with Crippen LogP contribution in [0, 0.1) is 0 Å². The Morgan fingerprint density at radius 2 is 1.62 bits per heavy atom. The minimum absolute atomic E-state index is 0.348. The first-order valence-electron chi connectivity index (χ1n) is 3.90. The van der Waals surface area contributed by atoms with Gasteiger partial charge in [0.1, 0.15) is 5.69 Å². The fourth-order valence-corrected chi connectivity index (χ4v) is 0.924. The molecular weight excluding hydrogens is 240 g/mol. The molecule has 2 nitrogen and oxygen atoms in total. The number of aliphatic hydroxyl groups excluding tert-OH is 1. The average molecular weight is 245 g/mol. The van der Waals surface area contributed by atoms with Crippen molar-refractivity contribution in [1.82, 2.24) is 4.98 Å². The van der Waals surface area contributed by atoms with Crippen LogP contribution in [0.2, 0.25) is 0 Å². The van der Waals surface area contributed by atoms with Gasteiger partial charge < -0.3 is 5.11 Å². The van der Waals surface area contributed by atoms with Crippen molar-refractivity contribution in [3.8, 4) is 0 Å². The standard InChI is InChI=1S/C8H5F6NO/c9-7(10,11)5-2-1-4(3-15-5)6(16)8(12,13)14/h1-3,6,16H/t6-/m0/s1. The molecule has 0 amide bonds. The zero-order valence-electron chi connectivity index (χ0n) is 7.47. The Morgan fingerprint density at radius 3 is 1.94 bits per heavy atom. The van der Waals surface area contributed by atoms with Crippen LogP contribution < -0.4 is 0 Å². The maximum absolute atomic E-state index is 12.0. The molecule has 0 unspecified atom stereocenters. The van der Waals surface area contributed by atoms with Gasteiger partial charge in [0.25, 0.3) is 0 Å². The molecule has 0 spiro atoms. The van der Waals surface area contributed by atoms with Crippen LogP contribution >= 0.6 is 0 Å². The second-order valence-electron chi connectivity index (χ2n) is 2.92. The first kappa shape index (κ1) is 12.8. The van der Waals surface area contributed by atoms with Crippen LogP contribution in [0.15, 0.2) is 18.3 Å². The summed E-state index contributed by atoms with van der Waals surface area (Å²) in [6.07, 6.45) is -12.1. The summed E-state index contributed by atoms with van der Waals surface area (Å²) in [7, 11) is 0. The summed E-state index contributed by atoms with van der Waals surface area (Å²) in [5.74, 6) is 0. The van der Waals surface area contributed by atoms with Gasteiger partial charge >= 0.3 is 12.4 Å². The Kier molecular flexibility index (Phi) is 3.13. The number of hydrogen-bond acceptors (Lipinski definition) is 2. The SMILES string of the molecule is O[C@@H](c1ccc(C(F)(F)F)nc1)C(F)(F)F. The van der Waals surface area contributed by atoms with Gasteiger partial charge in [-0.25, -0.2) is 0 Å². The van der Waals surface area contributed by atoms with Crippen LogP contribution in [0.4, 0.5) is 26.3 Å². The van der Waals surface area contributed by atoms with E-state index < -0.39 is 29.7 Å². The van der Waals surface area contributed by atoms with Crippen molar-refractivity contribution >= 4 is 0 Å². The van der Waals surface area contributed by atoms with Gasteiger partial charge in [-0.3, -0.25) is 4.98 Å². The number of alkyl halides is 6. The predicted octanol–water partition coefficient (Wildman–Crippen LogP) is 2.70. The fraction of sp³-hybridized carbons (Fsp3) is 0.375. The molecule has 1 N–H and O–H groups in total. The van der Waals surface area contributed by atoms with Gasteiger partial charge in [0.15, 0.2) is 6.10 Å². The highest BCUT2D eigenvalue weighted by Crippen LogP contribution is 2.33. The zero-order chi connectivity index (χ0) is 12.6. The van der Waals surface area contributed by atoms with Crippen molar-refractivity contribution in [2.45, 2.75) is 18.5 Å². The van der Waals surface area contributed by atoms with E-state index in [4.69, 9.17) is 5.11 Å². The summed E-state index contributed by atoms with van der Waals surface area (Å²) in [6.45, 7) is 0. The van der Waals surface area contributed by atoms with Crippen molar-refractivity contribution in [3.63, 3.8) is 0 Å². The topological polar surface area (TPSA) is 33.1 Å². The van der Waals surface area contributed by atoms with E-state index in [2.05, 4.69) is 4.98 Å². The molecule has 1 aromatic rings. The summed E-state index contributed by atoms with van der Waals surface area (Å²) in [5.41, 5.74) is -2.05. The Hall–Kier alpha value is -1.31. The highest BCUT2D eigenvalue weighted by atomic mass is 19.4. The largest absolute Gasteiger partial charge is 0.433 e. The molecule has 0 aliphatic heterocycles. The fourth-order valence-electron chi connectivity index (χ4n) is 0.924. The molecule has 0 fully saturated rings. The highest BCUT2D eigenvalue weighted by molar-refractivity contribution is 5.19. The Labute approximate surface area is 85.5 Å². The van der Waals surface area contributed by atoms with Gasteiger partial charge in [-0.2, -0.15) is 26.3 Å². The lowest BCUT2D eigenvalue weighted by Crippen LogP contribution is -2.20. The lowest BCUT2D eigenvalue weighted by atomic mass is 10.1. The molecule has 1 heterocycles. The molecular formula is C8H5F6NO. The number of rotatable bonds is 1. The van der Waals surface area contributed by atoms with E-state index in [1.807, 2.05) is 0 Å². The zero-order valence-corrected chi connectivity index (χ0v) is 7.47.